The highest BCUT2D eigenvalue weighted by atomic mass is 35.5. The van der Waals surface area contributed by atoms with Gasteiger partial charge in [-0.25, -0.2) is 14.5 Å². The Hall–Kier alpha value is -7.38. The zero-order chi connectivity index (χ0) is 61.0. The molecule has 5 amide bonds. The van der Waals surface area contributed by atoms with Crippen molar-refractivity contribution in [2.75, 3.05) is 43.0 Å². The molecule has 2 saturated heterocycles. The lowest BCUT2D eigenvalue weighted by Gasteiger charge is -2.35. The number of aryl methyl sites for hydroxylation is 1. The standard InChI is InChI=1S/C63H74ClF3N10O7S/c1-39-42(14-12-15-51(39)59(81)72-47-33-45(63(65,66)67)32-46(64)34-47)22-23-48-36-69-53-24-25-54(74-77(48)53)75-29-26-50(27-30-75)84-31-13-28-68-55(79)16-10-8-7-9-11-17-56(80)73-58(62(4,5)6)61(83)76-37-49(78)35-52(76)60(82)71-40(2)43-18-20-44(21-19-43)57-41(3)70-38-85-57/h12,14-15,18-21,24-25,32-34,36,38,40,49-50,52,58,78H,7-11,13,16-17,26-31,35,37H2,1-6H3,(H,68,79)(H,71,82)(H,72,81)(H,73,80)/t40-,49+,52-,58+/m0/s1. The van der Waals surface area contributed by atoms with E-state index in [1.165, 1.54) is 11.0 Å². The Morgan fingerprint density at radius 3 is 2.28 bits per heavy atom. The van der Waals surface area contributed by atoms with Crippen molar-refractivity contribution in [3.05, 3.63) is 129 Å². The molecule has 2 aliphatic heterocycles. The van der Waals surface area contributed by atoms with Crippen molar-refractivity contribution in [2.24, 2.45) is 5.41 Å². The topological polar surface area (TPSA) is 212 Å². The Balaban J connectivity index is 0.689. The van der Waals surface area contributed by atoms with Gasteiger partial charge in [-0.1, -0.05) is 87.9 Å². The molecule has 2 aliphatic rings. The summed E-state index contributed by atoms with van der Waals surface area (Å²) in [5.41, 5.74) is 5.46. The minimum Gasteiger partial charge on any atom is -0.391 e. The van der Waals surface area contributed by atoms with Gasteiger partial charge in [-0.2, -0.15) is 13.2 Å². The number of thiazole rings is 1. The number of fused-ring (bicyclic) bond motifs is 1. The number of nitrogens with one attached hydrogen (secondary N) is 4. The van der Waals surface area contributed by atoms with Gasteiger partial charge in [0.15, 0.2) is 5.65 Å². The Bertz CT molecular complexity index is 3400. The fraction of sp³-hybridized carbons (Fsp3) is 0.460. The molecule has 85 heavy (non-hydrogen) atoms. The predicted molar refractivity (Wildman–Crippen MR) is 322 cm³/mol. The minimum absolute atomic E-state index is 0.00434. The molecule has 22 heteroatoms. The van der Waals surface area contributed by atoms with Gasteiger partial charge < -0.3 is 40.9 Å². The minimum atomic E-state index is -4.63. The first kappa shape index (κ1) is 63.6. The number of anilines is 2. The van der Waals surface area contributed by atoms with Crippen LogP contribution < -0.4 is 26.2 Å². The highest BCUT2D eigenvalue weighted by molar-refractivity contribution is 7.13. The lowest BCUT2D eigenvalue weighted by atomic mass is 9.85. The first-order chi connectivity index (χ1) is 40.5. The molecule has 2 fully saturated rings. The smallest absolute Gasteiger partial charge is 0.391 e. The number of β-amino-alcohol motifs (C(OH)–C–C–N with tert-alkyl or cyclic N) is 1. The van der Waals surface area contributed by atoms with Crippen molar-refractivity contribution in [1.29, 1.82) is 0 Å². The average Bonchev–Trinajstić information content (AvgIpc) is 3.17. The molecule has 5 N–H and O–H groups in total. The Labute approximate surface area is 502 Å². The van der Waals surface area contributed by atoms with Crippen LogP contribution in [0, 0.1) is 31.1 Å². The molecular weight excluding hydrogens is 1130 g/mol. The van der Waals surface area contributed by atoms with E-state index in [0.29, 0.717) is 54.9 Å². The van der Waals surface area contributed by atoms with Crippen LogP contribution in [0.1, 0.15) is 148 Å². The molecule has 3 aromatic heterocycles. The maximum absolute atomic E-state index is 14.1. The molecule has 5 heterocycles. The van der Waals surface area contributed by atoms with E-state index in [9.17, 15) is 42.3 Å². The van der Waals surface area contributed by atoms with Crippen LogP contribution in [0.25, 0.3) is 16.1 Å². The number of halogens is 4. The number of imidazole rings is 1. The number of aliphatic hydroxyl groups excluding tert-OH is 1. The second-order valence-electron chi connectivity index (χ2n) is 22.9. The lowest BCUT2D eigenvalue weighted by molar-refractivity contribution is -0.144. The third kappa shape index (κ3) is 17.2. The first-order valence-electron chi connectivity index (χ1n) is 28.9. The summed E-state index contributed by atoms with van der Waals surface area (Å²) in [7, 11) is 0. The number of rotatable bonds is 22. The fourth-order valence-corrected chi connectivity index (χ4v) is 11.6. The van der Waals surface area contributed by atoms with E-state index in [2.05, 4.69) is 48.0 Å². The number of aromatic nitrogens is 4. The number of piperidine rings is 1. The number of carbonyl (C=O) groups excluding carboxylic acids is 5. The van der Waals surface area contributed by atoms with Gasteiger partial charge in [-0.05, 0) is 123 Å². The van der Waals surface area contributed by atoms with E-state index in [-0.39, 0.29) is 65.5 Å². The van der Waals surface area contributed by atoms with Gasteiger partial charge in [-0.3, -0.25) is 24.0 Å². The number of likely N-dealkylation sites (tertiary alicyclic amines) is 1. The van der Waals surface area contributed by atoms with Crippen molar-refractivity contribution in [2.45, 2.75) is 149 Å². The lowest BCUT2D eigenvalue weighted by Crippen LogP contribution is -2.57. The van der Waals surface area contributed by atoms with Crippen molar-refractivity contribution >= 4 is 69.6 Å². The van der Waals surface area contributed by atoms with Gasteiger partial charge in [0.05, 0.1) is 46.1 Å². The maximum Gasteiger partial charge on any atom is 0.416 e. The van der Waals surface area contributed by atoms with Crippen LogP contribution in [0.3, 0.4) is 0 Å². The fourth-order valence-electron chi connectivity index (χ4n) is 10.5. The number of hydrogen-bond acceptors (Lipinski definition) is 12. The van der Waals surface area contributed by atoms with Gasteiger partial charge in [0, 0.05) is 73.9 Å². The number of alkyl halides is 3. The van der Waals surface area contributed by atoms with E-state index in [0.717, 1.165) is 91.3 Å². The van der Waals surface area contributed by atoms with Gasteiger partial charge >= 0.3 is 6.18 Å². The molecule has 17 nitrogen and oxygen atoms in total. The molecule has 6 aromatic rings. The summed E-state index contributed by atoms with van der Waals surface area (Å²) in [6.45, 7) is 13.6. The number of unbranched alkanes of at least 4 members (excludes halogenated alkanes) is 4. The Morgan fingerprint density at radius 2 is 1.59 bits per heavy atom. The highest BCUT2D eigenvalue weighted by Gasteiger charge is 2.45. The summed E-state index contributed by atoms with van der Waals surface area (Å²) in [6.07, 6.45) is 3.06. The highest BCUT2D eigenvalue weighted by Crippen LogP contribution is 2.34. The van der Waals surface area contributed by atoms with E-state index >= 15 is 0 Å². The molecule has 0 saturated carbocycles. The number of hydrogen-bond donors (Lipinski definition) is 5. The molecule has 0 spiro atoms. The normalized spacial score (nSPS) is 16.4. The average molecular weight is 1210 g/mol. The molecule has 0 bridgehead atoms. The van der Waals surface area contributed by atoms with Gasteiger partial charge in [0.2, 0.25) is 23.6 Å². The number of carbonyl (C=O) groups is 5. The summed E-state index contributed by atoms with van der Waals surface area (Å²) >= 11 is 7.49. The van der Waals surface area contributed by atoms with Crippen LogP contribution in [0.4, 0.5) is 24.7 Å². The number of aliphatic hydroxyl groups is 1. The zero-order valence-corrected chi connectivity index (χ0v) is 50.4. The zero-order valence-electron chi connectivity index (χ0n) is 48.8. The van der Waals surface area contributed by atoms with E-state index in [1.54, 1.807) is 47.2 Å². The molecule has 4 atom stereocenters. The van der Waals surface area contributed by atoms with Crippen molar-refractivity contribution in [3.8, 4) is 22.3 Å². The van der Waals surface area contributed by atoms with Gasteiger partial charge in [0.25, 0.3) is 5.91 Å². The molecule has 0 aliphatic carbocycles. The monoisotopic (exact) mass is 1210 g/mol. The molecule has 0 unspecified atom stereocenters. The first-order valence-corrected chi connectivity index (χ1v) is 30.2. The summed E-state index contributed by atoms with van der Waals surface area (Å²) in [6, 6.07) is 17.4. The predicted octanol–water partition coefficient (Wildman–Crippen LogP) is 10.4. The van der Waals surface area contributed by atoms with Crippen LogP contribution in [0.2, 0.25) is 5.02 Å². The molecule has 452 valence electrons. The second-order valence-corrected chi connectivity index (χ2v) is 24.2. The van der Waals surface area contributed by atoms with Crippen LogP contribution >= 0.6 is 22.9 Å². The number of ether oxygens (including phenoxy) is 1. The van der Waals surface area contributed by atoms with Crippen LogP contribution in [0.15, 0.2) is 84.5 Å². The van der Waals surface area contributed by atoms with Crippen LogP contribution in [0.5, 0.6) is 0 Å². The molecule has 0 radical (unpaired) electrons. The van der Waals surface area contributed by atoms with E-state index < -0.39 is 47.2 Å². The van der Waals surface area contributed by atoms with Gasteiger partial charge in [0.1, 0.15) is 23.6 Å². The summed E-state index contributed by atoms with van der Waals surface area (Å²) in [4.78, 5) is 80.4. The number of nitrogens with zero attached hydrogens (tertiary/aromatic N) is 6. The Morgan fingerprint density at radius 1 is 0.871 bits per heavy atom. The molecule has 8 rings (SSSR count). The second kappa shape index (κ2) is 28.7. The van der Waals surface area contributed by atoms with E-state index in [1.807, 2.05) is 76.5 Å². The third-order valence-corrected chi connectivity index (χ3v) is 16.6. The maximum atomic E-state index is 14.1. The number of benzene rings is 3. The third-order valence-electron chi connectivity index (χ3n) is 15.4. The van der Waals surface area contributed by atoms with Crippen molar-refractivity contribution in [3.63, 3.8) is 0 Å². The van der Waals surface area contributed by atoms with Crippen molar-refractivity contribution < 1.29 is 47.0 Å². The van der Waals surface area contributed by atoms with Crippen LogP contribution in [-0.4, -0.2) is 116 Å². The largest absolute Gasteiger partial charge is 0.416 e. The SMILES string of the molecule is Cc1ncsc1-c1ccc([C@H](C)NC(=O)[C@@H]2C[C@@H](O)CN2C(=O)[C@@H](NC(=O)CCCCCCCC(=O)NCCCOC2CCN(c3ccc4ncc(C#Cc5cccc(C(=O)Nc6cc(Cl)cc(C(F)(F)F)c6)c5C)n4n3)CC2)C(C)(C)C)cc1. The number of amides is 5. The summed E-state index contributed by atoms with van der Waals surface area (Å²) in [5, 5.41) is 26.9. The molecule has 3 aromatic carbocycles. The quantitative estimate of drug-likeness (QED) is 0.0319. The van der Waals surface area contributed by atoms with Crippen LogP contribution in [-0.2, 0) is 30.1 Å². The summed E-state index contributed by atoms with van der Waals surface area (Å²) in [5.74, 6) is 5.35. The summed E-state index contributed by atoms with van der Waals surface area (Å²) < 4.78 is 48.0. The van der Waals surface area contributed by atoms with Gasteiger partial charge in [-0.15, -0.1) is 16.4 Å². The van der Waals surface area contributed by atoms with Crippen molar-refractivity contribution in [1.82, 2.24) is 40.4 Å². The Kier molecular flexibility index (Phi) is 21.5. The van der Waals surface area contributed by atoms with E-state index in [4.69, 9.17) is 21.4 Å². The molecular formula is C63H74ClF3N10O7S.